The fourth-order valence-corrected chi connectivity index (χ4v) is 2.18. The average Bonchev–Trinajstić information content (AvgIpc) is 2.82. The zero-order chi connectivity index (χ0) is 14.1. The van der Waals surface area contributed by atoms with Crippen LogP contribution < -0.4 is 5.76 Å². The minimum Gasteiger partial charge on any atom is -0.295 e. The molecule has 0 N–H and O–H groups in total. The number of benzene rings is 2. The van der Waals surface area contributed by atoms with Crippen LogP contribution in [0, 0.1) is 6.92 Å². The molecule has 1 heterocycles. The summed E-state index contributed by atoms with van der Waals surface area (Å²) in [6, 6.07) is 14.7. The van der Waals surface area contributed by atoms with Gasteiger partial charge in [-0.25, -0.2) is 9.36 Å². The molecule has 100 valence electrons. The highest BCUT2D eigenvalue weighted by molar-refractivity contribution is 6.30. The number of hydrogen-bond acceptors (Lipinski definition) is 3. The van der Waals surface area contributed by atoms with Crippen LogP contribution in [0.4, 0.5) is 0 Å². The normalized spacial score (nSPS) is 10.7. The highest BCUT2D eigenvalue weighted by Crippen LogP contribution is 2.22. The van der Waals surface area contributed by atoms with E-state index in [2.05, 4.69) is 5.16 Å². The van der Waals surface area contributed by atoms with Gasteiger partial charge in [0.15, 0.2) is 5.82 Å². The molecular formula is C15H11ClN2O2. The quantitative estimate of drug-likeness (QED) is 0.725. The monoisotopic (exact) mass is 286 g/mol. The Balaban J connectivity index is 2.23. The Bertz CT molecular complexity index is 803. The van der Waals surface area contributed by atoms with Gasteiger partial charge in [-0.3, -0.25) is 4.52 Å². The van der Waals surface area contributed by atoms with Gasteiger partial charge in [-0.2, -0.15) is 0 Å². The molecule has 0 amide bonds. The smallest absolute Gasteiger partial charge is 0.295 e. The predicted octanol–water partition coefficient (Wildman–Crippen LogP) is 3.45. The third-order valence-electron chi connectivity index (χ3n) is 3.06. The fraction of sp³-hybridized carbons (Fsp3) is 0.0667. The standard InChI is InChI=1S/C15H11ClN2O2/c1-10-4-2-3-5-13(10)18-14(17-20-15(18)19)11-6-8-12(16)9-7-11/h2-9H,1H3. The van der Waals surface area contributed by atoms with Gasteiger partial charge in [-0.05, 0) is 42.8 Å². The molecule has 0 atom stereocenters. The molecule has 0 aliphatic heterocycles. The van der Waals surface area contributed by atoms with Crippen molar-refractivity contribution in [3.63, 3.8) is 0 Å². The molecule has 3 aromatic rings. The van der Waals surface area contributed by atoms with Crippen molar-refractivity contribution in [3.05, 3.63) is 69.7 Å². The van der Waals surface area contributed by atoms with Gasteiger partial charge in [0.25, 0.3) is 0 Å². The molecule has 4 nitrogen and oxygen atoms in total. The van der Waals surface area contributed by atoms with E-state index < -0.39 is 5.76 Å². The van der Waals surface area contributed by atoms with E-state index in [-0.39, 0.29) is 0 Å². The molecule has 2 aromatic carbocycles. The van der Waals surface area contributed by atoms with Crippen LogP contribution in [0.1, 0.15) is 5.56 Å². The van der Waals surface area contributed by atoms with Gasteiger partial charge in [-0.1, -0.05) is 35.0 Å². The Hall–Kier alpha value is -2.33. The van der Waals surface area contributed by atoms with Gasteiger partial charge in [0.05, 0.1) is 5.69 Å². The number of para-hydroxylation sites is 1. The molecule has 0 aliphatic carbocycles. The van der Waals surface area contributed by atoms with Crippen LogP contribution in [0.5, 0.6) is 0 Å². The maximum Gasteiger partial charge on any atom is 0.446 e. The van der Waals surface area contributed by atoms with Crippen LogP contribution in [0.2, 0.25) is 5.02 Å². The summed E-state index contributed by atoms with van der Waals surface area (Å²) in [4.78, 5) is 11.9. The van der Waals surface area contributed by atoms with Crippen LogP contribution >= 0.6 is 11.6 Å². The van der Waals surface area contributed by atoms with E-state index in [1.54, 1.807) is 24.3 Å². The second-order valence-electron chi connectivity index (χ2n) is 4.40. The summed E-state index contributed by atoms with van der Waals surface area (Å²) in [5, 5.41) is 4.49. The maximum absolute atomic E-state index is 11.9. The second-order valence-corrected chi connectivity index (χ2v) is 4.84. The van der Waals surface area contributed by atoms with Gasteiger partial charge in [0.1, 0.15) is 0 Å². The molecular weight excluding hydrogens is 276 g/mol. The molecule has 0 bridgehead atoms. The van der Waals surface area contributed by atoms with Crippen molar-refractivity contribution in [2.24, 2.45) is 0 Å². The molecule has 0 saturated heterocycles. The fourth-order valence-electron chi connectivity index (χ4n) is 2.06. The zero-order valence-electron chi connectivity index (χ0n) is 10.7. The summed E-state index contributed by atoms with van der Waals surface area (Å²) in [7, 11) is 0. The van der Waals surface area contributed by atoms with Crippen molar-refractivity contribution in [1.29, 1.82) is 0 Å². The summed E-state index contributed by atoms with van der Waals surface area (Å²) < 4.78 is 6.27. The molecule has 0 unspecified atom stereocenters. The number of aromatic nitrogens is 2. The Labute approximate surface area is 120 Å². The summed E-state index contributed by atoms with van der Waals surface area (Å²) in [6.45, 7) is 1.93. The van der Waals surface area contributed by atoms with Crippen molar-refractivity contribution in [1.82, 2.24) is 9.72 Å². The third-order valence-corrected chi connectivity index (χ3v) is 3.32. The van der Waals surface area contributed by atoms with E-state index in [9.17, 15) is 4.79 Å². The Morgan fingerprint density at radius 1 is 1.10 bits per heavy atom. The second kappa shape index (κ2) is 4.98. The number of aryl methyl sites for hydroxylation is 1. The highest BCUT2D eigenvalue weighted by Gasteiger charge is 2.15. The van der Waals surface area contributed by atoms with Crippen LogP contribution in [0.3, 0.4) is 0 Å². The first-order valence-corrected chi connectivity index (χ1v) is 6.45. The molecule has 1 aromatic heterocycles. The van der Waals surface area contributed by atoms with E-state index in [1.165, 1.54) is 4.57 Å². The summed E-state index contributed by atoms with van der Waals surface area (Å²) in [5.41, 5.74) is 2.49. The lowest BCUT2D eigenvalue weighted by Crippen LogP contribution is -2.14. The van der Waals surface area contributed by atoms with Crippen LogP contribution in [-0.4, -0.2) is 9.72 Å². The number of halogens is 1. The van der Waals surface area contributed by atoms with Gasteiger partial charge in [-0.15, -0.1) is 0 Å². The summed E-state index contributed by atoms with van der Waals surface area (Å²) in [6.07, 6.45) is 0. The van der Waals surface area contributed by atoms with Gasteiger partial charge >= 0.3 is 5.76 Å². The Morgan fingerprint density at radius 3 is 2.50 bits per heavy atom. The Kier molecular flexibility index (Phi) is 3.16. The third kappa shape index (κ3) is 2.14. The summed E-state index contributed by atoms with van der Waals surface area (Å²) in [5.74, 6) is -0.0507. The molecule has 0 saturated carbocycles. The number of nitrogens with zero attached hydrogens (tertiary/aromatic N) is 2. The number of hydrogen-bond donors (Lipinski definition) is 0. The first kappa shape index (κ1) is 12.7. The predicted molar refractivity (Wildman–Crippen MR) is 77.3 cm³/mol. The SMILES string of the molecule is Cc1ccccc1-n1c(-c2ccc(Cl)cc2)noc1=O. The molecule has 5 heteroatoms. The molecule has 0 radical (unpaired) electrons. The molecule has 20 heavy (non-hydrogen) atoms. The van der Waals surface area contributed by atoms with E-state index in [0.717, 1.165) is 16.8 Å². The van der Waals surface area contributed by atoms with Crippen molar-refractivity contribution < 1.29 is 4.52 Å². The Morgan fingerprint density at radius 2 is 1.80 bits per heavy atom. The van der Waals surface area contributed by atoms with Gasteiger partial charge < -0.3 is 0 Å². The van der Waals surface area contributed by atoms with Crippen molar-refractivity contribution in [2.45, 2.75) is 6.92 Å². The van der Waals surface area contributed by atoms with Crippen LogP contribution in [0.15, 0.2) is 57.8 Å². The first-order valence-electron chi connectivity index (χ1n) is 6.07. The van der Waals surface area contributed by atoms with Crippen LogP contribution in [-0.2, 0) is 0 Å². The zero-order valence-corrected chi connectivity index (χ0v) is 11.5. The van der Waals surface area contributed by atoms with Gasteiger partial charge in [0, 0.05) is 10.6 Å². The van der Waals surface area contributed by atoms with Crippen molar-refractivity contribution in [2.75, 3.05) is 0 Å². The molecule has 0 spiro atoms. The van der Waals surface area contributed by atoms with Crippen molar-refractivity contribution in [3.8, 4) is 17.1 Å². The highest BCUT2D eigenvalue weighted by atomic mass is 35.5. The molecule has 0 aliphatic rings. The summed E-state index contributed by atoms with van der Waals surface area (Å²) >= 11 is 5.87. The molecule has 3 rings (SSSR count). The average molecular weight is 287 g/mol. The lowest BCUT2D eigenvalue weighted by atomic mass is 10.1. The largest absolute Gasteiger partial charge is 0.446 e. The lowest BCUT2D eigenvalue weighted by Gasteiger charge is -2.07. The minimum atomic E-state index is -0.510. The number of rotatable bonds is 2. The van der Waals surface area contributed by atoms with E-state index in [4.69, 9.17) is 16.1 Å². The minimum absolute atomic E-state index is 0.459. The van der Waals surface area contributed by atoms with E-state index >= 15 is 0 Å². The lowest BCUT2D eigenvalue weighted by molar-refractivity contribution is 0.383. The van der Waals surface area contributed by atoms with Crippen molar-refractivity contribution >= 4 is 11.6 Å². The molecule has 0 fully saturated rings. The van der Waals surface area contributed by atoms with E-state index in [1.807, 2.05) is 31.2 Å². The topological polar surface area (TPSA) is 48.0 Å². The first-order chi connectivity index (χ1) is 9.66. The van der Waals surface area contributed by atoms with Crippen LogP contribution in [0.25, 0.3) is 17.1 Å². The van der Waals surface area contributed by atoms with Gasteiger partial charge in [0.2, 0.25) is 0 Å². The maximum atomic E-state index is 11.9. The van der Waals surface area contributed by atoms with E-state index in [0.29, 0.717) is 10.8 Å².